The first kappa shape index (κ1) is 19.7. The molecule has 0 radical (unpaired) electrons. The van der Waals surface area contributed by atoms with Crippen LogP contribution in [0.25, 0.3) is 0 Å². The Morgan fingerprint density at radius 1 is 0.962 bits per heavy atom. The van der Waals surface area contributed by atoms with Crippen LogP contribution in [0.4, 0.5) is 5.69 Å². The lowest BCUT2D eigenvalue weighted by Gasteiger charge is -2.31. The molecule has 0 unspecified atom stereocenters. The zero-order chi connectivity index (χ0) is 19.6. The first-order chi connectivity index (χ1) is 12.1. The van der Waals surface area contributed by atoms with Gasteiger partial charge in [0.15, 0.2) is 0 Å². The maximum Gasteiger partial charge on any atom is 0.336 e. The molecule has 0 fully saturated rings. The lowest BCUT2D eigenvalue weighted by molar-refractivity contribution is -0.137. The summed E-state index contributed by atoms with van der Waals surface area (Å²) in [6.45, 7) is 3.61. The van der Waals surface area contributed by atoms with Crippen LogP contribution in [0, 0.1) is 0 Å². The van der Waals surface area contributed by atoms with Crippen LogP contribution in [0.15, 0.2) is 46.8 Å². The largest absolute Gasteiger partial charge is 0.466 e. The van der Waals surface area contributed by atoms with Crippen LogP contribution in [0.2, 0.25) is 0 Å². The van der Waals surface area contributed by atoms with Crippen molar-refractivity contribution in [2.75, 3.05) is 35.4 Å². The Morgan fingerprint density at radius 3 is 1.88 bits per heavy atom. The second-order valence-electron chi connectivity index (χ2n) is 7.23. The number of ether oxygens (including phenoxy) is 2. The molecule has 1 aromatic carbocycles. The second-order valence-corrected chi connectivity index (χ2v) is 7.23. The number of rotatable bonds is 4. The zero-order valence-corrected chi connectivity index (χ0v) is 16.5. The summed E-state index contributed by atoms with van der Waals surface area (Å²) in [4.78, 5) is 25.0. The molecule has 1 N–H and O–H groups in total. The smallest absolute Gasteiger partial charge is 0.336 e. The Kier molecular flexibility index (Phi) is 5.56. The third-order valence-corrected chi connectivity index (χ3v) is 4.55. The molecule has 0 aliphatic carbocycles. The highest BCUT2D eigenvalue weighted by atomic mass is 16.5. The van der Waals surface area contributed by atoms with E-state index in [1.807, 2.05) is 24.3 Å². The molecule has 0 spiro atoms. The summed E-state index contributed by atoms with van der Waals surface area (Å²) in [5.74, 6) is -1.49. The average Bonchev–Trinajstić information content (AvgIpc) is 2.59. The van der Waals surface area contributed by atoms with Crippen molar-refractivity contribution in [1.82, 2.24) is 9.80 Å². The predicted octanol–water partition coefficient (Wildman–Crippen LogP) is 2.46. The minimum atomic E-state index is -0.553. The van der Waals surface area contributed by atoms with E-state index in [2.05, 4.69) is 26.5 Å². The lowest BCUT2D eigenvalue weighted by atomic mass is 9.80. The molecule has 0 saturated heterocycles. The molecule has 2 rings (SSSR count). The number of benzene rings is 1. The van der Waals surface area contributed by atoms with E-state index in [1.165, 1.54) is 14.2 Å². The van der Waals surface area contributed by atoms with E-state index in [0.29, 0.717) is 27.0 Å². The van der Waals surface area contributed by atoms with Gasteiger partial charge in [0.2, 0.25) is 0 Å². The number of hydrogen-bond donors (Lipinski definition) is 1. The second kappa shape index (κ2) is 7.33. The van der Waals surface area contributed by atoms with Gasteiger partial charge in [0, 0.05) is 17.5 Å². The van der Waals surface area contributed by atoms with Gasteiger partial charge < -0.3 is 14.8 Å². The number of nitrogens with one attached hydrogen (secondary N) is 1. The number of nitrogens with zero attached hydrogens (tertiary/aromatic N) is 1. The Morgan fingerprint density at radius 2 is 1.46 bits per heavy atom. The highest BCUT2D eigenvalue weighted by Crippen LogP contribution is 2.40. The van der Waals surface area contributed by atoms with Gasteiger partial charge in [-0.3, -0.25) is 4.48 Å². The Hall–Kier alpha value is -2.60. The number of esters is 2. The first-order valence-corrected chi connectivity index (χ1v) is 8.39. The van der Waals surface area contributed by atoms with Gasteiger partial charge in [-0.15, -0.1) is 0 Å². The van der Waals surface area contributed by atoms with Crippen LogP contribution in [0.3, 0.4) is 0 Å². The minimum absolute atomic E-state index is 0.414. The number of methoxy groups -OCH3 is 2. The maximum absolute atomic E-state index is 12.5. The highest BCUT2D eigenvalue weighted by molar-refractivity contribution is 5.99. The maximum atomic E-state index is 12.5. The Bertz CT molecular complexity index is 762. The lowest BCUT2D eigenvalue weighted by Crippen LogP contribution is -2.35. The van der Waals surface area contributed by atoms with Gasteiger partial charge in [-0.05, 0) is 25.5 Å². The zero-order valence-electron chi connectivity index (χ0n) is 16.5. The molecule has 0 aromatic heterocycles. The van der Waals surface area contributed by atoms with Crippen molar-refractivity contribution in [3.63, 3.8) is 0 Å². The third-order valence-electron chi connectivity index (χ3n) is 4.55. The number of allylic oxidation sites excluding steroid dienone is 2. The van der Waals surface area contributed by atoms with Gasteiger partial charge in [-0.25, -0.2) is 9.59 Å². The van der Waals surface area contributed by atoms with Crippen molar-refractivity contribution >= 4 is 17.6 Å². The van der Waals surface area contributed by atoms with E-state index < -0.39 is 17.9 Å². The molecule has 6 heteroatoms. The van der Waals surface area contributed by atoms with Gasteiger partial charge >= 0.3 is 11.9 Å². The van der Waals surface area contributed by atoms with Crippen LogP contribution >= 0.6 is 0 Å². The molecule has 0 atom stereocenters. The van der Waals surface area contributed by atoms with Crippen LogP contribution in [-0.4, -0.2) is 47.3 Å². The van der Waals surface area contributed by atoms with E-state index in [1.54, 1.807) is 13.8 Å². The molecular formula is C20H27N2O4+. The summed E-state index contributed by atoms with van der Waals surface area (Å²) in [5.41, 5.74) is 4.07. The fourth-order valence-electron chi connectivity index (χ4n) is 3.21. The topological polar surface area (TPSA) is 64.6 Å². The molecule has 140 valence electrons. The van der Waals surface area contributed by atoms with E-state index in [4.69, 9.17) is 9.47 Å². The standard InChI is InChI=1S/C20H26N2O4/c1-12-16(19(23)25-6)18(17(13(2)21-12)20(24)26-7)14-9-8-10-15(11-14)22(3,4)5/h8-11,18H,1-7H3/p+1. The number of carbonyl (C=O) groups excluding carboxylic acids is 2. The van der Waals surface area contributed by atoms with Crippen molar-refractivity contribution < 1.29 is 19.1 Å². The van der Waals surface area contributed by atoms with E-state index in [9.17, 15) is 9.59 Å². The Labute approximate surface area is 154 Å². The van der Waals surface area contributed by atoms with Crippen molar-refractivity contribution in [3.05, 3.63) is 52.4 Å². The van der Waals surface area contributed by atoms with Gasteiger partial charge in [-0.2, -0.15) is 0 Å². The number of hydrogen-bond acceptors (Lipinski definition) is 5. The molecule has 0 bridgehead atoms. The summed E-state index contributed by atoms with van der Waals surface area (Å²) >= 11 is 0. The molecule has 1 aromatic rings. The third kappa shape index (κ3) is 3.65. The number of dihydropyridines is 1. The first-order valence-electron chi connectivity index (χ1n) is 8.39. The fraction of sp³-hybridized carbons (Fsp3) is 0.400. The predicted molar refractivity (Wildman–Crippen MR) is 101 cm³/mol. The quantitative estimate of drug-likeness (QED) is 0.661. The normalized spacial score (nSPS) is 15.7. The summed E-state index contributed by atoms with van der Waals surface area (Å²) in [7, 11) is 8.86. The van der Waals surface area contributed by atoms with Crippen molar-refractivity contribution in [1.29, 1.82) is 0 Å². The summed E-state index contributed by atoms with van der Waals surface area (Å²) in [6, 6.07) is 7.89. The summed E-state index contributed by atoms with van der Waals surface area (Å²) in [6.07, 6.45) is 0. The molecule has 6 nitrogen and oxygen atoms in total. The van der Waals surface area contributed by atoms with E-state index in [-0.39, 0.29) is 0 Å². The summed E-state index contributed by atoms with van der Waals surface area (Å²) < 4.78 is 10.6. The van der Waals surface area contributed by atoms with Crippen molar-refractivity contribution in [2.45, 2.75) is 19.8 Å². The monoisotopic (exact) mass is 359 g/mol. The van der Waals surface area contributed by atoms with E-state index in [0.717, 1.165) is 11.3 Å². The molecule has 1 aliphatic rings. The molecule has 0 amide bonds. The van der Waals surface area contributed by atoms with Gasteiger partial charge in [0.1, 0.15) is 5.69 Å². The van der Waals surface area contributed by atoms with Crippen molar-refractivity contribution in [3.8, 4) is 0 Å². The van der Waals surface area contributed by atoms with Crippen LogP contribution < -0.4 is 9.80 Å². The number of carbonyl (C=O) groups is 2. The van der Waals surface area contributed by atoms with Crippen molar-refractivity contribution in [2.24, 2.45) is 0 Å². The SMILES string of the molecule is COC(=O)C1=C(C)NC(C)=C(C(=O)OC)C1c1cccc([N+](C)(C)C)c1. The van der Waals surface area contributed by atoms with Crippen LogP contribution in [0.1, 0.15) is 25.3 Å². The number of quaternary nitrogens is 1. The highest BCUT2D eigenvalue weighted by Gasteiger charge is 2.38. The van der Waals surface area contributed by atoms with Gasteiger partial charge in [0.05, 0.1) is 52.4 Å². The molecule has 26 heavy (non-hydrogen) atoms. The van der Waals surface area contributed by atoms with Crippen LogP contribution in [-0.2, 0) is 19.1 Å². The van der Waals surface area contributed by atoms with Crippen LogP contribution in [0.5, 0.6) is 0 Å². The van der Waals surface area contributed by atoms with E-state index >= 15 is 0 Å². The fourth-order valence-corrected chi connectivity index (χ4v) is 3.21. The van der Waals surface area contributed by atoms with Gasteiger partial charge in [-0.1, -0.05) is 12.1 Å². The molecule has 1 heterocycles. The minimum Gasteiger partial charge on any atom is -0.466 e. The van der Waals surface area contributed by atoms with Gasteiger partial charge in [0.25, 0.3) is 0 Å². The average molecular weight is 359 g/mol. The molecule has 0 saturated carbocycles. The molecule has 1 aliphatic heterocycles. The Balaban J connectivity index is 2.73. The summed E-state index contributed by atoms with van der Waals surface area (Å²) in [5, 5.41) is 3.11. The molecular weight excluding hydrogens is 332 g/mol.